The fourth-order valence-electron chi connectivity index (χ4n) is 1.23. The third-order valence-electron chi connectivity index (χ3n) is 2.20. The second-order valence-electron chi connectivity index (χ2n) is 3.58. The van der Waals surface area contributed by atoms with Gasteiger partial charge in [-0.2, -0.15) is 0 Å². The molecule has 1 atom stereocenters. The Morgan fingerprint density at radius 1 is 1.59 bits per heavy atom. The number of anilines is 1. The van der Waals surface area contributed by atoms with Crippen LogP contribution in [0.4, 0.5) is 11.4 Å². The zero-order chi connectivity index (χ0) is 13.1. The smallest absolute Gasteiger partial charge is 0.271 e. The van der Waals surface area contributed by atoms with E-state index in [9.17, 15) is 10.1 Å². The number of nitrogens with one attached hydrogen (secondary N) is 1. The molecule has 0 aromatic heterocycles. The topological polar surface area (TPSA) is 90.4 Å². The Hall–Kier alpha value is -1.47. The molecule has 1 aromatic carbocycles. The molecular formula is C10H15N3O3S. The number of hydrogen-bond acceptors (Lipinski definition) is 6. The van der Waals surface area contributed by atoms with Crippen LogP contribution in [0, 0.1) is 10.1 Å². The van der Waals surface area contributed by atoms with Crippen LogP contribution in [0.1, 0.15) is 6.92 Å². The standard InChI is InChI=1S/C10H15N3O3S/c1-10(11,17-3)12-8-6-7(13(14)15)4-5-9(8)16-2/h4-6,12H,11H2,1-3H3. The number of nitro benzene ring substituents is 1. The van der Waals surface area contributed by atoms with Gasteiger partial charge in [0.25, 0.3) is 5.69 Å². The molecular weight excluding hydrogens is 242 g/mol. The van der Waals surface area contributed by atoms with Gasteiger partial charge in [-0.15, -0.1) is 11.8 Å². The van der Waals surface area contributed by atoms with Gasteiger partial charge in [-0.3, -0.25) is 10.1 Å². The maximum Gasteiger partial charge on any atom is 0.271 e. The Morgan fingerprint density at radius 3 is 2.71 bits per heavy atom. The Bertz CT molecular complexity index is 423. The number of non-ortho nitro benzene ring substituents is 1. The molecule has 1 unspecified atom stereocenters. The summed E-state index contributed by atoms with van der Waals surface area (Å²) in [5.41, 5.74) is 6.42. The van der Waals surface area contributed by atoms with Crippen LogP contribution in [-0.4, -0.2) is 23.3 Å². The first-order chi connectivity index (χ1) is 7.89. The molecule has 0 fully saturated rings. The predicted molar refractivity (Wildman–Crippen MR) is 69.4 cm³/mol. The van der Waals surface area contributed by atoms with Gasteiger partial charge >= 0.3 is 0 Å². The summed E-state index contributed by atoms with van der Waals surface area (Å²) in [5, 5.41) is 13.7. The summed E-state index contributed by atoms with van der Waals surface area (Å²) < 4.78 is 5.12. The number of methoxy groups -OCH3 is 1. The third kappa shape index (κ3) is 3.50. The number of ether oxygens (including phenoxy) is 1. The molecule has 0 heterocycles. The van der Waals surface area contributed by atoms with Crippen molar-refractivity contribution in [3.05, 3.63) is 28.3 Å². The normalized spacial score (nSPS) is 13.9. The lowest BCUT2D eigenvalue weighted by molar-refractivity contribution is -0.384. The van der Waals surface area contributed by atoms with Gasteiger partial charge in [-0.05, 0) is 19.2 Å². The number of nitrogens with zero attached hydrogens (tertiary/aromatic N) is 1. The molecule has 0 radical (unpaired) electrons. The number of benzene rings is 1. The molecule has 0 aliphatic carbocycles. The monoisotopic (exact) mass is 257 g/mol. The lowest BCUT2D eigenvalue weighted by Gasteiger charge is -2.25. The molecule has 17 heavy (non-hydrogen) atoms. The molecule has 94 valence electrons. The summed E-state index contributed by atoms with van der Waals surface area (Å²) in [5.74, 6) is 0.515. The third-order valence-corrected chi connectivity index (χ3v) is 3.15. The van der Waals surface area contributed by atoms with Crippen molar-refractivity contribution in [3.63, 3.8) is 0 Å². The summed E-state index contributed by atoms with van der Waals surface area (Å²) in [6.45, 7) is 1.77. The van der Waals surface area contributed by atoms with Crippen molar-refractivity contribution in [1.82, 2.24) is 0 Å². The van der Waals surface area contributed by atoms with E-state index in [0.717, 1.165) is 0 Å². The van der Waals surface area contributed by atoms with Gasteiger partial charge < -0.3 is 15.8 Å². The van der Waals surface area contributed by atoms with Crippen LogP contribution in [0.2, 0.25) is 0 Å². The molecule has 7 heteroatoms. The van der Waals surface area contributed by atoms with Gasteiger partial charge in [0, 0.05) is 12.1 Å². The maximum atomic E-state index is 10.7. The minimum Gasteiger partial charge on any atom is -0.495 e. The van der Waals surface area contributed by atoms with Crippen molar-refractivity contribution in [2.45, 2.75) is 11.9 Å². The highest BCUT2D eigenvalue weighted by atomic mass is 32.2. The molecule has 0 aliphatic rings. The molecule has 0 saturated carbocycles. The van der Waals surface area contributed by atoms with Gasteiger partial charge in [0.1, 0.15) is 10.7 Å². The van der Waals surface area contributed by atoms with E-state index in [-0.39, 0.29) is 5.69 Å². The molecule has 1 aromatic rings. The van der Waals surface area contributed by atoms with Gasteiger partial charge in [0.15, 0.2) is 0 Å². The lowest BCUT2D eigenvalue weighted by Crippen LogP contribution is -2.40. The van der Waals surface area contributed by atoms with Crippen LogP contribution in [-0.2, 0) is 0 Å². The number of nitrogens with two attached hydrogens (primary N) is 1. The van der Waals surface area contributed by atoms with Gasteiger partial charge in [0.2, 0.25) is 0 Å². The molecule has 0 aliphatic heterocycles. The predicted octanol–water partition coefficient (Wildman–Crippen LogP) is 2.01. The minimum absolute atomic E-state index is 0.00907. The summed E-state index contributed by atoms with van der Waals surface area (Å²) in [7, 11) is 1.50. The second kappa shape index (κ2) is 5.24. The number of nitro groups is 1. The molecule has 1 rings (SSSR count). The highest BCUT2D eigenvalue weighted by Gasteiger charge is 2.20. The Labute approximate surface area is 104 Å². The number of hydrogen-bond donors (Lipinski definition) is 2. The van der Waals surface area contributed by atoms with Crippen LogP contribution in [0.3, 0.4) is 0 Å². The van der Waals surface area contributed by atoms with Crippen LogP contribution in [0.5, 0.6) is 5.75 Å². The molecule has 0 saturated heterocycles. The summed E-state index contributed by atoms with van der Waals surface area (Å²) in [4.78, 5) is 9.51. The van der Waals surface area contributed by atoms with Crippen molar-refractivity contribution in [2.75, 3.05) is 18.7 Å². The zero-order valence-electron chi connectivity index (χ0n) is 9.89. The van der Waals surface area contributed by atoms with E-state index in [0.29, 0.717) is 11.4 Å². The van der Waals surface area contributed by atoms with Gasteiger partial charge in [-0.25, -0.2) is 0 Å². The maximum absolute atomic E-state index is 10.7. The molecule has 3 N–H and O–H groups in total. The first kappa shape index (κ1) is 13.6. The molecule has 0 spiro atoms. The van der Waals surface area contributed by atoms with E-state index < -0.39 is 9.92 Å². The fourth-order valence-corrected chi connectivity index (χ4v) is 1.44. The first-order valence-electron chi connectivity index (χ1n) is 4.84. The molecule has 0 amide bonds. The zero-order valence-corrected chi connectivity index (χ0v) is 10.7. The highest BCUT2D eigenvalue weighted by molar-refractivity contribution is 8.00. The first-order valence-corrected chi connectivity index (χ1v) is 6.06. The number of thioether (sulfide) groups is 1. The lowest BCUT2D eigenvalue weighted by atomic mass is 10.2. The summed E-state index contributed by atoms with van der Waals surface area (Å²) in [6.07, 6.45) is 1.84. The molecule has 0 bridgehead atoms. The van der Waals surface area contributed by atoms with Crippen molar-refractivity contribution >= 4 is 23.1 Å². The fraction of sp³-hybridized carbons (Fsp3) is 0.400. The average Bonchev–Trinajstić information content (AvgIpc) is 2.28. The Balaban J connectivity index is 3.10. The van der Waals surface area contributed by atoms with Crippen LogP contribution < -0.4 is 15.8 Å². The minimum atomic E-state index is -0.720. The quantitative estimate of drug-likeness (QED) is 0.476. The van der Waals surface area contributed by atoms with Crippen molar-refractivity contribution in [3.8, 4) is 5.75 Å². The molecule has 6 nitrogen and oxygen atoms in total. The van der Waals surface area contributed by atoms with Crippen LogP contribution in [0.15, 0.2) is 18.2 Å². The Morgan fingerprint density at radius 2 is 2.24 bits per heavy atom. The van der Waals surface area contributed by atoms with Crippen LogP contribution >= 0.6 is 11.8 Å². The van der Waals surface area contributed by atoms with E-state index >= 15 is 0 Å². The average molecular weight is 257 g/mol. The van der Waals surface area contributed by atoms with E-state index in [2.05, 4.69) is 5.32 Å². The number of rotatable bonds is 5. The van der Waals surface area contributed by atoms with E-state index in [1.165, 1.54) is 37.1 Å². The largest absolute Gasteiger partial charge is 0.495 e. The van der Waals surface area contributed by atoms with E-state index in [1.54, 1.807) is 6.92 Å². The Kier molecular flexibility index (Phi) is 4.19. The summed E-state index contributed by atoms with van der Waals surface area (Å²) in [6, 6.07) is 4.33. The van der Waals surface area contributed by atoms with E-state index in [1.807, 2.05) is 6.26 Å². The van der Waals surface area contributed by atoms with Crippen molar-refractivity contribution < 1.29 is 9.66 Å². The van der Waals surface area contributed by atoms with Gasteiger partial charge in [-0.1, -0.05) is 0 Å². The highest BCUT2D eigenvalue weighted by Crippen LogP contribution is 2.31. The SMILES string of the molecule is COc1ccc([N+](=O)[O-])cc1NC(C)(N)SC. The van der Waals surface area contributed by atoms with Crippen molar-refractivity contribution in [1.29, 1.82) is 0 Å². The van der Waals surface area contributed by atoms with Crippen LogP contribution in [0.25, 0.3) is 0 Å². The van der Waals surface area contributed by atoms with E-state index in [4.69, 9.17) is 10.5 Å². The summed E-state index contributed by atoms with van der Waals surface area (Å²) >= 11 is 1.40. The van der Waals surface area contributed by atoms with Gasteiger partial charge in [0.05, 0.1) is 17.7 Å². The van der Waals surface area contributed by atoms with Crippen molar-refractivity contribution in [2.24, 2.45) is 5.73 Å². The second-order valence-corrected chi connectivity index (χ2v) is 4.83.